The van der Waals surface area contributed by atoms with E-state index >= 15 is 0 Å². The summed E-state index contributed by atoms with van der Waals surface area (Å²) < 4.78 is 14.4. The molecule has 3 heterocycles. The highest BCUT2D eigenvalue weighted by Crippen LogP contribution is 2.41. The zero-order valence-electron chi connectivity index (χ0n) is 21.4. The fraction of sp³-hybridized carbons (Fsp3) is 0.414. The van der Waals surface area contributed by atoms with Gasteiger partial charge in [0.05, 0.1) is 18.2 Å². The van der Waals surface area contributed by atoms with Crippen molar-refractivity contribution < 1.29 is 9.47 Å². The van der Waals surface area contributed by atoms with Crippen molar-refractivity contribution >= 4 is 22.8 Å². The van der Waals surface area contributed by atoms with E-state index in [1.807, 2.05) is 36.4 Å². The van der Waals surface area contributed by atoms with Crippen LogP contribution in [0.15, 0.2) is 54.9 Å². The normalized spacial score (nSPS) is 18.8. The molecule has 0 unspecified atom stereocenters. The molecule has 6 rings (SSSR count). The Hall–Kier alpha value is -3.16. The molecule has 1 saturated heterocycles. The Morgan fingerprint density at radius 2 is 1.95 bits per heavy atom. The lowest BCUT2D eigenvalue weighted by molar-refractivity contribution is 0.194. The first kappa shape index (κ1) is 24.2. The van der Waals surface area contributed by atoms with Crippen LogP contribution in [0.1, 0.15) is 44.6 Å². The molecule has 0 spiro atoms. The topological polar surface area (TPSA) is 65.3 Å². The summed E-state index contributed by atoms with van der Waals surface area (Å²) in [5.74, 6) is 2.02. The van der Waals surface area contributed by atoms with E-state index < -0.39 is 0 Å². The quantitative estimate of drug-likeness (QED) is 0.272. The van der Waals surface area contributed by atoms with E-state index in [1.165, 1.54) is 19.4 Å². The standard InChI is InChI=1S/C29H32ClN5O2/c1-29(13-14-29)37-28-25-27(31-19-32-28)35(18-20-7-4-3-5-8-20)26(33-25)23-11-10-22(17-24(23)30)36-16-12-21-9-6-15-34(21)2/h3-5,7-8,10-11,17,19,21H,6,9,12-16,18H2,1-2H3/t21-/m1/s1. The third-order valence-electron chi connectivity index (χ3n) is 7.55. The molecule has 0 N–H and O–H groups in total. The van der Waals surface area contributed by atoms with Crippen molar-refractivity contribution in [3.63, 3.8) is 0 Å². The molecule has 7 nitrogen and oxygen atoms in total. The molecule has 2 aromatic heterocycles. The molecule has 1 aliphatic carbocycles. The maximum atomic E-state index is 6.84. The lowest BCUT2D eigenvalue weighted by Crippen LogP contribution is -2.26. The average Bonchev–Trinajstić information content (AvgIpc) is 3.30. The van der Waals surface area contributed by atoms with Gasteiger partial charge in [0, 0.05) is 11.6 Å². The Morgan fingerprint density at radius 3 is 2.68 bits per heavy atom. The number of benzene rings is 2. The van der Waals surface area contributed by atoms with Crippen molar-refractivity contribution in [1.29, 1.82) is 0 Å². The lowest BCUT2D eigenvalue weighted by Gasteiger charge is -2.19. The van der Waals surface area contributed by atoms with Crippen LogP contribution in [0.4, 0.5) is 0 Å². The van der Waals surface area contributed by atoms with E-state index in [4.69, 9.17) is 26.1 Å². The van der Waals surface area contributed by atoms with Crippen molar-refractivity contribution in [2.45, 2.75) is 57.2 Å². The zero-order valence-corrected chi connectivity index (χ0v) is 22.1. The Labute approximate surface area is 222 Å². The van der Waals surface area contributed by atoms with Crippen molar-refractivity contribution in [1.82, 2.24) is 24.4 Å². The molecule has 192 valence electrons. The van der Waals surface area contributed by atoms with Gasteiger partial charge in [-0.25, -0.2) is 9.97 Å². The summed E-state index contributed by atoms with van der Waals surface area (Å²) in [5, 5.41) is 0.588. The summed E-state index contributed by atoms with van der Waals surface area (Å²) in [6, 6.07) is 16.7. The van der Waals surface area contributed by atoms with Gasteiger partial charge in [-0.05, 0) is 76.4 Å². The van der Waals surface area contributed by atoms with Crippen LogP contribution in [-0.2, 0) is 6.54 Å². The fourth-order valence-corrected chi connectivity index (χ4v) is 5.30. The van der Waals surface area contributed by atoms with Crippen LogP contribution in [0.5, 0.6) is 11.6 Å². The summed E-state index contributed by atoms with van der Waals surface area (Å²) in [6.07, 6.45) is 7.10. The van der Waals surface area contributed by atoms with Gasteiger partial charge in [-0.15, -0.1) is 0 Å². The second kappa shape index (κ2) is 9.95. The minimum atomic E-state index is -0.172. The van der Waals surface area contributed by atoms with Crippen LogP contribution >= 0.6 is 11.6 Å². The molecule has 0 amide bonds. The summed E-state index contributed by atoms with van der Waals surface area (Å²) >= 11 is 6.84. The monoisotopic (exact) mass is 517 g/mol. The molecular weight excluding hydrogens is 486 g/mol. The molecule has 1 saturated carbocycles. The van der Waals surface area contributed by atoms with Crippen LogP contribution in [0.2, 0.25) is 5.02 Å². The number of imidazole rings is 1. The van der Waals surface area contributed by atoms with Gasteiger partial charge < -0.3 is 18.9 Å². The fourth-order valence-electron chi connectivity index (χ4n) is 5.05. The van der Waals surface area contributed by atoms with Gasteiger partial charge in [0.1, 0.15) is 23.5 Å². The van der Waals surface area contributed by atoms with E-state index in [0.717, 1.165) is 47.6 Å². The molecule has 2 aromatic carbocycles. The molecular formula is C29H32ClN5O2. The smallest absolute Gasteiger partial charge is 0.245 e. The maximum Gasteiger partial charge on any atom is 0.245 e. The number of fused-ring (bicyclic) bond motifs is 1. The third-order valence-corrected chi connectivity index (χ3v) is 7.86. The molecule has 0 bridgehead atoms. The van der Waals surface area contributed by atoms with Crippen molar-refractivity contribution in [3.05, 3.63) is 65.4 Å². The van der Waals surface area contributed by atoms with Crippen LogP contribution in [-0.4, -0.2) is 56.3 Å². The Bertz CT molecular complexity index is 1400. The maximum absolute atomic E-state index is 6.84. The second-order valence-corrected chi connectivity index (χ2v) is 10.9. The van der Waals surface area contributed by atoms with E-state index in [0.29, 0.717) is 35.6 Å². The van der Waals surface area contributed by atoms with Crippen LogP contribution in [0, 0.1) is 0 Å². The summed E-state index contributed by atoms with van der Waals surface area (Å²) in [7, 11) is 2.19. The highest BCUT2D eigenvalue weighted by molar-refractivity contribution is 6.33. The summed E-state index contributed by atoms with van der Waals surface area (Å²) in [5.41, 5.74) is 3.17. The number of aromatic nitrogens is 4. The predicted octanol–water partition coefficient (Wildman–Crippen LogP) is 5.99. The minimum Gasteiger partial charge on any atom is -0.493 e. The number of hydrogen-bond donors (Lipinski definition) is 0. The molecule has 4 aromatic rings. The number of likely N-dealkylation sites (tertiary alicyclic amines) is 1. The number of rotatable bonds is 9. The molecule has 1 atom stereocenters. The van der Waals surface area contributed by atoms with Gasteiger partial charge in [-0.2, -0.15) is 4.98 Å². The van der Waals surface area contributed by atoms with E-state index in [-0.39, 0.29) is 5.60 Å². The van der Waals surface area contributed by atoms with Gasteiger partial charge >= 0.3 is 0 Å². The van der Waals surface area contributed by atoms with Gasteiger partial charge in [0.15, 0.2) is 11.2 Å². The van der Waals surface area contributed by atoms with Crippen molar-refractivity contribution in [2.75, 3.05) is 20.2 Å². The summed E-state index contributed by atoms with van der Waals surface area (Å²) in [6.45, 7) is 4.55. The number of nitrogens with zero attached hydrogens (tertiary/aromatic N) is 5. The first-order chi connectivity index (χ1) is 18.0. The number of ether oxygens (including phenoxy) is 2. The van der Waals surface area contributed by atoms with Gasteiger partial charge in [-0.1, -0.05) is 41.9 Å². The largest absolute Gasteiger partial charge is 0.493 e. The van der Waals surface area contributed by atoms with E-state index in [1.54, 1.807) is 6.33 Å². The van der Waals surface area contributed by atoms with Gasteiger partial charge in [-0.3, -0.25) is 0 Å². The average molecular weight is 518 g/mol. The van der Waals surface area contributed by atoms with Crippen LogP contribution < -0.4 is 9.47 Å². The first-order valence-electron chi connectivity index (χ1n) is 13.1. The lowest BCUT2D eigenvalue weighted by atomic mass is 10.1. The SMILES string of the molecule is CN1CCC[C@@H]1CCOc1ccc(-c2nc3c(OC4(C)CC4)ncnc3n2Cc2ccccc2)c(Cl)c1. The van der Waals surface area contributed by atoms with Gasteiger partial charge in [0.25, 0.3) is 0 Å². The molecule has 1 aliphatic heterocycles. The van der Waals surface area contributed by atoms with E-state index in [2.05, 4.69) is 45.5 Å². The Balaban J connectivity index is 1.32. The Kier molecular flexibility index (Phi) is 6.51. The molecule has 0 radical (unpaired) electrons. The van der Waals surface area contributed by atoms with Crippen molar-refractivity contribution in [2.24, 2.45) is 0 Å². The molecule has 8 heteroatoms. The van der Waals surface area contributed by atoms with Crippen molar-refractivity contribution in [3.8, 4) is 23.0 Å². The highest BCUT2D eigenvalue weighted by atomic mass is 35.5. The first-order valence-corrected chi connectivity index (χ1v) is 13.4. The molecule has 2 aliphatic rings. The zero-order chi connectivity index (χ0) is 25.4. The van der Waals surface area contributed by atoms with Crippen LogP contribution in [0.25, 0.3) is 22.6 Å². The number of hydrogen-bond acceptors (Lipinski definition) is 6. The molecule has 37 heavy (non-hydrogen) atoms. The second-order valence-electron chi connectivity index (χ2n) is 10.5. The number of halogens is 1. The summed E-state index contributed by atoms with van der Waals surface area (Å²) in [4.78, 5) is 16.4. The molecule has 2 fully saturated rings. The third kappa shape index (κ3) is 5.15. The Morgan fingerprint density at radius 1 is 1.11 bits per heavy atom. The predicted molar refractivity (Wildman–Crippen MR) is 145 cm³/mol. The van der Waals surface area contributed by atoms with E-state index in [9.17, 15) is 0 Å². The minimum absolute atomic E-state index is 0.172. The highest BCUT2D eigenvalue weighted by Gasteiger charge is 2.41. The van der Waals surface area contributed by atoms with Crippen LogP contribution in [0.3, 0.4) is 0 Å². The van der Waals surface area contributed by atoms with Gasteiger partial charge in [0.2, 0.25) is 5.88 Å².